The van der Waals surface area contributed by atoms with Crippen LogP contribution in [0.2, 0.25) is 0 Å². The van der Waals surface area contributed by atoms with Crippen LogP contribution in [0.4, 0.5) is 4.79 Å². The van der Waals surface area contributed by atoms with E-state index in [0.717, 1.165) is 13.8 Å². The number of carbonyl (C=O) groups is 5. The summed E-state index contributed by atoms with van der Waals surface area (Å²) in [6.07, 6.45) is -9.52. The highest BCUT2D eigenvalue weighted by atomic mass is 35.6. The SMILES string of the molecule is CC(=O)O[C@H]1C(=O)[C@@]2(C)C([C@H](OC(=O)c3ccccc3)[C@]3(O)C[C@H](O)C(C)=C1C3(C)C)[C@]1(OC(C)=O)CO[C@@H]1C[C@@H]2OC(=O)OCC(Cl)(Cl)Cl. The maximum absolute atomic E-state index is 15.4. The molecule has 1 aliphatic heterocycles. The summed E-state index contributed by atoms with van der Waals surface area (Å²) in [5.41, 5.74) is -7.26. The molecular formula is C34H39Cl3O13. The fourth-order valence-corrected chi connectivity index (χ4v) is 8.51. The Kier molecular flexibility index (Phi) is 10.1. The number of benzene rings is 1. The van der Waals surface area contributed by atoms with Gasteiger partial charge in [0, 0.05) is 32.1 Å². The van der Waals surface area contributed by atoms with Crippen molar-refractivity contribution in [2.75, 3.05) is 13.2 Å². The highest BCUT2D eigenvalue weighted by Gasteiger charge is 2.79. The highest BCUT2D eigenvalue weighted by Crippen LogP contribution is 2.64. The summed E-state index contributed by atoms with van der Waals surface area (Å²) in [6, 6.07) is 7.85. The van der Waals surface area contributed by atoms with Crippen molar-refractivity contribution in [3.05, 3.63) is 47.0 Å². The van der Waals surface area contributed by atoms with Gasteiger partial charge in [0.15, 0.2) is 17.5 Å². The normalized spacial score (nSPS) is 35.9. The Hall–Kier alpha value is -2.94. The zero-order valence-corrected chi connectivity index (χ0v) is 30.5. The lowest BCUT2D eigenvalue weighted by Crippen LogP contribution is -2.82. The standard InChI is InChI=1S/C34H39Cl3O13/c1-16-20(40)13-33(44)27(49-28(42)19-10-8-7-9-11-19)25-31(6,26(41)24(47-17(2)38)23(16)30(33,4)5)21(48-29(43)46-15-34(35,36)37)12-22-32(25,14-45-22)50-18(3)39/h7-11,20-22,24-25,27,40,44H,12-15H2,1-6H3/t20-,21-,22+,24+,25?,27-,31+,32-,33+/m0/s1. The number of fused-ring (bicyclic) bond motifs is 5. The summed E-state index contributed by atoms with van der Waals surface area (Å²) in [5, 5.41) is 24.6. The van der Waals surface area contributed by atoms with Crippen molar-refractivity contribution in [1.82, 2.24) is 0 Å². The first-order chi connectivity index (χ1) is 23.1. The molecule has 3 fully saturated rings. The van der Waals surface area contributed by atoms with Gasteiger partial charge in [-0.1, -0.05) is 66.8 Å². The first kappa shape index (κ1) is 38.3. The van der Waals surface area contributed by atoms with E-state index in [2.05, 4.69) is 0 Å². The zero-order chi connectivity index (χ0) is 37.2. The molecule has 0 amide bonds. The van der Waals surface area contributed by atoms with Gasteiger partial charge in [0.2, 0.25) is 3.79 Å². The number of alkyl halides is 3. The van der Waals surface area contributed by atoms with Crippen LogP contribution < -0.4 is 0 Å². The van der Waals surface area contributed by atoms with Gasteiger partial charge >= 0.3 is 24.1 Å². The molecule has 2 N–H and O–H groups in total. The van der Waals surface area contributed by atoms with Crippen LogP contribution in [-0.2, 0) is 42.8 Å². The number of aliphatic hydroxyl groups excluding tert-OH is 1. The van der Waals surface area contributed by atoms with Gasteiger partial charge < -0.3 is 38.6 Å². The van der Waals surface area contributed by atoms with Gasteiger partial charge in [-0.05, 0) is 37.1 Å². The third-order valence-electron chi connectivity index (χ3n) is 10.8. The Morgan fingerprint density at radius 1 is 1.00 bits per heavy atom. The Labute approximate surface area is 303 Å². The number of rotatable bonds is 6. The lowest BCUT2D eigenvalue weighted by atomic mass is 9.44. The highest BCUT2D eigenvalue weighted by molar-refractivity contribution is 6.67. The number of esters is 3. The third kappa shape index (κ3) is 6.28. The minimum Gasteiger partial charge on any atom is -0.455 e. The van der Waals surface area contributed by atoms with E-state index >= 15 is 4.79 Å². The largest absolute Gasteiger partial charge is 0.508 e. The van der Waals surface area contributed by atoms with Crippen molar-refractivity contribution >= 4 is 64.6 Å². The molecule has 9 atom stereocenters. The van der Waals surface area contributed by atoms with E-state index in [4.69, 9.17) is 63.2 Å². The minimum atomic E-state index is -2.25. The summed E-state index contributed by atoms with van der Waals surface area (Å²) in [4.78, 5) is 68.0. The lowest BCUT2D eigenvalue weighted by Gasteiger charge is -2.67. The van der Waals surface area contributed by atoms with Crippen molar-refractivity contribution in [2.45, 2.75) is 99.9 Å². The van der Waals surface area contributed by atoms with Gasteiger partial charge in [0.05, 0.1) is 29.6 Å². The van der Waals surface area contributed by atoms with Crippen LogP contribution in [0.15, 0.2) is 41.5 Å². The quantitative estimate of drug-likeness (QED) is 0.183. The average Bonchev–Trinajstić information content (AvgIpc) is 3.01. The van der Waals surface area contributed by atoms with Gasteiger partial charge in [-0.3, -0.25) is 14.4 Å². The Balaban J connectivity index is 1.82. The van der Waals surface area contributed by atoms with Crippen molar-refractivity contribution in [3.8, 4) is 0 Å². The van der Waals surface area contributed by atoms with Crippen LogP contribution in [0.5, 0.6) is 0 Å². The van der Waals surface area contributed by atoms with E-state index in [1.54, 1.807) is 32.0 Å². The number of halogens is 3. The Morgan fingerprint density at radius 3 is 2.18 bits per heavy atom. The molecule has 1 saturated heterocycles. The molecule has 2 bridgehead atoms. The van der Waals surface area contributed by atoms with Crippen LogP contribution in [0.25, 0.3) is 0 Å². The Morgan fingerprint density at radius 2 is 1.64 bits per heavy atom. The minimum absolute atomic E-state index is 0.0606. The second kappa shape index (κ2) is 13.2. The number of hydrogen-bond acceptors (Lipinski definition) is 13. The lowest BCUT2D eigenvalue weighted by molar-refractivity contribution is -0.346. The maximum atomic E-state index is 15.4. The van der Waals surface area contributed by atoms with Crippen LogP contribution in [0.3, 0.4) is 0 Å². The van der Waals surface area contributed by atoms with E-state index in [9.17, 15) is 29.4 Å². The first-order valence-electron chi connectivity index (χ1n) is 15.9. The molecule has 50 heavy (non-hydrogen) atoms. The summed E-state index contributed by atoms with van der Waals surface area (Å²) >= 11 is 17.3. The van der Waals surface area contributed by atoms with Crippen LogP contribution in [0, 0.1) is 16.7 Å². The number of ether oxygens (including phenoxy) is 6. The van der Waals surface area contributed by atoms with E-state index in [0.29, 0.717) is 0 Å². The number of aliphatic hydroxyl groups is 2. The van der Waals surface area contributed by atoms with E-state index in [-0.39, 0.29) is 29.7 Å². The van der Waals surface area contributed by atoms with Crippen molar-refractivity contribution in [2.24, 2.45) is 16.7 Å². The fraction of sp³-hybridized carbons (Fsp3) is 0.618. The molecule has 5 rings (SSSR count). The van der Waals surface area contributed by atoms with E-state index in [1.807, 2.05) is 0 Å². The Bertz CT molecular complexity index is 1610. The molecule has 0 radical (unpaired) electrons. The predicted octanol–water partition coefficient (Wildman–Crippen LogP) is 4.18. The fourth-order valence-electron chi connectivity index (χ4n) is 8.35. The number of carbonyl (C=O) groups excluding carboxylic acids is 5. The molecule has 1 aromatic carbocycles. The van der Waals surface area contributed by atoms with Crippen molar-refractivity contribution in [3.63, 3.8) is 0 Å². The summed E-state index contributed by atoms with van der Waals surface area (Å²) in [5.74, 6) is -4.97. The second-order valence-electron chi connectivity index (χ2n) is 14.0. The monoisotopic (exact) mass is 760 g/mol. The van der Waals surface area contributed by atoms with Crippen molar-refractivity contribution in [1.29, 1.82) is 0 Å². The molecule has 1 aromatic rings. The van der Waals surface area contributed by atoms with Crippen LogP contribution in [-0.4, -0.2) is 98.8 Å². The molecule has 4 aliphatic rings. The summed E-state index contributed by atoms with van der Waals surface area (Å²) in [7, 11) is 0. The smallest absolute Gasteiger partial charge is 0.455 e. The van der Waals surface area contributed by atoms with Gasteiger partial charge in [0.25, 0.3) is 0 Å². The van der Waals surface area contributed by atoms with Gasteiger partial charge in [-0.25, -0.2) is 9.59 Å². The van der Waals surface area contributed by atoms with E-state index in [1.165, 1.54) is 26.0 Å². The molecule has 0 spiro atoms. The molecule has 274 valence electrons. The number of hydrogen-bond donors (Lipinski definition) is 2. The van der Waals surface area contributed by atoms with Gasteiger partial charge in [0.1, 0.15) is 30.5 Å². The predicted molar refractivity (Wildman–Crippen MR) is 175 cm³/mol. The number of Topliss-reactive ketones (excluding diaryl/α,β-unsaturated/α-hetero) is 1. The summed E-state index contributed by atoms with van der Waals surface area (Å²) < 4.78 is 32.7. The molecule has 13 nitrogen and oxygen atoms in total. The molecule has 1 heterocycles. The molecule has 0 aromatic heterocycles. The molecule has 3 aliphatic carbocycles. The van der Waals surface area contributed by atoms with Gasteiger partial charge in [-0.15, -0.1) is 0 Å². The molecule has 16 heteroatoms. The first-order valence-corrected chi connectivity index (χ1v) is 17.0. The topological polar surface area (TPSA) is 181 Å². The van der Waals surface area contributed by atoms with E-state index < -0.39 is 105 Å². The summed E-state index contributed by atoms with van der Waals surface area (Å²) in [6.45, 7) is 7.27. The van der Waals surface area contributed by atoms with Crippen LogP contribution >= 0.6 is 34.8 Å². The average molecular weight is 762 g/mol. The molecule has 1 unspecified atom stereocenters. The third-order valence-corrected chi connectivity index (χ3v) is 11.1. The molecule has 2 saturated carbocycles. The van der Waals surface area contributed by atoms with Crippen LogP contribution in [0.1, 0.15) is 64.7 Å². The maximum Gasteiger partial charge on any atom is 0.508 e. The van der Waals surface area contributed by atoms with Gasteiger partial charge in [-0.2, -0.15) is 0 Å². The molecular weight excluding hydrogens is 723 g/mol. The zero-order valence-electron chi connectivity index (χ0n) is 28.2. The van der Waals surface area contributed by atoms with Crippen molar-refractivity contribution < 1.29 is 62.6 Å². The number of ketones is 1. The second-order valence-corrected chi connectivity index (χ2v) is 16.5.